The highest BCUT2D eigenvalue weighted by Gasteiger charge is 2.19. The van der Waals surface area contributed by atoms with Crippen LogP contribution in [0.4, 0.5) is 11.4 Å². The fourth-order valence-corrected chi connectivity index (χ4v) is 6.75. The quantitative estimate of drug-likeness (QED) is 0.0595. The summed E-state index contributed by atoms with van der Waals surface area (Å²) >= 11 is 0. The van der Waals surface area contributed by atoms with E-state index in [4.69, 9.17) is 0 Å². The molecule has 0 aliphatic carbocycles. The Kier molecular flexibility index (Phi) is 26.9. The van der Waals surface area contributed by atoms with Crippen LogP contribution in [-0.2, 0) is 0 Å². The lowest BCUT2D eigenvalue weighted by atomic mass is 9.89. The Labute approximate surface area is 273 Å². The first-order chi connectivity index (χ1) is 21.6. The Bertz CT molecular complexity index is 816. The van der Waals surface area contributed by atoms with E-state index in [0.29, 0.717) is 17.9 Å². The summed E-state index contributed by atoms with van der Waals surface area (Å²) in [5.41, 5.74) is 0.148. The van der Waals surface area contributed by atoms with E-state index in [-0.39, 0.29) is 5.43 Å². The van der Waals surface area contributed by atoms with E-state index in [9.17, 15) is 9.59 Å². The Morgan fingerprint density at radius 3 is 1.25 bits per heavy atom. The van der Waals surface area contributed by atoms with Crippen LogP contribution < -0.4 is 21.5 Å². The van der Waals surface area contributed by atoms with Gasteiger partial charge >= 0.3 is 0 Å². The van der Waals surface area contributed by atoms with Crippen LogP contribution in [-0.4, -0.2) is 38.1 Å². The first-order valence-corrected chi connectivity index (χ1v) is 19.6. The van der Waals surface area contributed by atoms with Gasteiger partial charge in [-0.1, -0.05) is 175 Å². The Morgan fingerprint density at radius 2 is 0.841 bits per heavy atom. The van der Waals surface area contributed by atoms with Gasteiger partial charge in [-0.3, -0.25) is 9.59 Å². The van der Waals surface area contributed by atoms with Crippen molar-refractivity contribution in [3.8, 4) is 0 Å². The van der Waals surface area contributed by atoms with Crippen LogP contribution in [0.1, 0.15) is 188 Å². The van der Waals surface area contributed by atoms with Gasteiger partial charge in [-0.25, -0.2) is 0 Å². The van der Waals surface area contributed by atoms with Crippen molar-refractivity contribution in [2.24, 2.45) is 5.92 Å². The third-order valence-electron chi connectivity index (χ3n) is 9.74. The Balaban J connectivity index is 2.34. The number of hydrogen-bond donors (Lipinski definition) is 2. The maximum atomic E-state index is 11.9. The molecule has 0 aliphatic rings. The zero-order chi connectivity index (χ0) is 32.1. The fourth-order valence-electron chi connectivity index (χ4n) is 6.75. The van der Waals surface area contributed by atoms with E-state index < -0.39 is 5.43 Å². The van der Waals surface area contributed by atoms with E-state index in [0.717, 1.165) is 25.6 Å². The van der Waals surface area contributed by atoms with Crippen LogP contribution in [0.25, 0.3) is 0 Å². The SMILES string of the molecule is CCCCCCCCC(CCCCCCCC)CCCCCCCN(CCCCCCCC)CCNc1c(NC)c(=O)c1=O. The topological polar surface area (TPSA) is 61.4 Å². The number of unbranched alkanes of at least 4 members (excludes halogenated alkanes) is 19. The van der Waals surface area contributed by atoms with Crippen molar-refractivity contribution in [3.05, 3.63) is 20.4 Å². The van der Waals surface area contributed by atoms with Gasteiger partial charge in [0.05, 0.1) is 0 Å². The molecule has 5 heteroatoms. The smallest absolute Gasteiger partial charge is 0.253 e. The van der Waals surface area contributed by atoms with E-state index in [2.05, 4.69) is 36.3 Å². The molecule has 0 unspecified atom stereocenters. The van der Waals surface area contributed by atoms with Gasteiger partial charge < -0.3 is 15.5 Å². The normalized spacial score (nSPS) is 11.8. The Hall–Kier alpha value is -1.36. The number of nitrogens with zero attached hydrogens (tertiary/aromatic N) is 1. The molecule has 0 heterocycles. The van der Waals surface area contributed by atoms with E-state index in [1.165, 1.54) is 167 Å². The van der Waals surface area contributed by atoms with Crippen molar-refractivity contribution < 1.29 is 0 Å². The predicted octanol–water partition coefficient (Wildman–Crippen LogP) is 10.9. The Morgan fingerprint density at radius 1 is 0.477 bits per heavy atom. The predicted molar refractivity (Wildman–Crippen MR) is 196 cm³/mol. The van der Waals surface area contributed by atoms with E-state index in [1.54, 1.807) is 7.05 Å². The minimum Gasteiger partial charge on any atom is -0.383 e. The van der Waals surface area contributed by atoms with Gasteiger partial charge in [0, 0.05) is 20.1 Å². The van der Waals surface area contributed by atoms with Gasteiger partial charge in [-0.2, -0.15) is 0 Å². The molecule has 0 saturated heterocycles. The molecule has 0 amide bonds. The molecule has 0 aromatic heterocycles. The second-order valence-electron chi connectivity index (χ2n) is 13.7. The highest BCUT2D eigenvalue weighted by Crippen LogP contribution is 2.25. The first-order valence-electron chi connectivity index (χ1n) is 19.6. The van der Waals surface area contributed by atoms with Gasteiger partial charge in [-0.05, 0) is 31.8 Å². The van der Waals surface area contributed by atoms with Crippen LogP contribution >= 0.6 is 0 Å². The number of anilines is 2. The largest absolute Gasteiger partial charge is 0.383 e. The standard InChI is InChI=1S/C39H75N3O2/c1-5-8-11-14-18-23-28-35(29-24-19-15-12-9-6-2)30-25-20-17-22-27-33-42(32-26-21-16-13-10-7-3)34-31-41-37-36(40-4)38(43)39(37)44/h35,40-41H,5-34H2,1-4H3. The van der Waals surface area contributed by atoms with Crippen LogP contribution in [0.3, 0.4) is 0 Å². The molecule has 2 N–H and O–H groups in total. The van der Waals surface area contributed by atoms with E-state index in [1.807, 2.05) is 0 Å². The summed E-state index contributed by atoms with van der Waals surface area (Å²) in [5, 5.41) is 6.10. The molecule has 0 saturated carbocycles. The number of rotatable bonds is 34. The average molecular weight is 618 g/mol. The molecule has 1 rings (SSSR count). The summed E-state index contributed by atoms with van der Waals surface area (Å²) in [5.74, 6) is 0.962. The molecule has 0 bridgehead atoms. The summed E-state index contributed by atoms with van der Waals surface area (Å²) in [4.78, 5) is 26.2. The average Bonchev–Trinajstić information content (AvgIpc) is 3.03. The summed E-state index contributed by atoms with van der Waals surface area (Å²) in [6.07, 6.45) is 36.1. The van der Waals surface area contributed by atoms with E-state index >= 15 is 0 Å². The second-order valence-corrected chi connectivity index (χ2v) is 13.7. The number of hydrogen-bond acceptors (Lipinski definition) is 5. The highest BCUT2D eigenvalue weighted by atomic mass is 16.2. The van der Waals surface area contributed by atoms with Crippen molar-refractivity contribution >= 4 is 11.4 Å². The summed E-state index contributed by atoms with van der Waals surface area (Å²) in [6.45, 7) is 10.8. The molecule has 1 aromatic rings. The summed E-state index contributed by atoms with van der Waals surface area (Å²) in [6, 6.07) is 0. The van der Waals surface area contributed by atoms with Crippen molar-refractivity contribution in [3.63, 3.8) is 0 Å². The van der Waals surface area contributed by atoms with Crippen molar-refractivity contribution in [2.75, 3.05) is 43.9 Å². The highest BCUT2D eigenvalue weighted by molar-refractivity contribution is 5.73. The summed E-state index contributed by atoms with van der Waals surface area (Å²) < 4.78 is 0. The van der Waals surface area contributed by atoms with Crippen LogP contribution in [0.15, 0.2) is 9.59 Å². The molecule has 44 heavy (non-hydrogen) atoms. The third kappa shape index (κ3) is 19.9. The molecule has 0 fully saturated rings. The molecule has 5 nitrogen and oxygen atoms in total. The third-order valence-corrected chi connectivity index (χ3v) is 9.74. The van der Waals surface area contributed by atoms with Gasteiger partial charge in [0.1, 0.15) is 11.4 Å². The van der Waals surface area contributed by atoms with Gasteiger partial charge in [0.25, 0.3) is 10.9 Å². The second kappa shape index (κ2) is 29.1. The fraction of sp³-hybridized carbons (Fsp3) is 0.897. The molecule has 258 valence electrons. The van der Waals surface area contributed by atoms with Crippen molar-refractivity contribution in [1.29, 1.82) is 0 Å². The van der Waals surface area contributed by atoms with Crippen LogP contribution in [0.2, 0.25) is 0 Å². The van der Waals surface area contributed by atoms with Crippen molar-refractivity contribution in [1.82, 2.24) is 4.90 Å². The molecule has 0 radical (unpaired) electrons. The van der Waals surface area contributed by atoms with Crippen molar-refractivity contribution in [2.45, 2.75) is 188 Å². The minimum absolute atomic E-state index is 0.377. The summed E-state index contributed by atoms with van der Waals surface area (Å²) in [7, 11) is 1.71. The maximum Gasteiger partial charge on any atom is 0.253 e. The lowest BCUT2D eigenvalue weighted by Crippen LogP contribution is -2.38. The molecule has 0 atom stereocenters. The zero-order valence-corrected chi connectivity index (χ0v) is 30.1. The van der Waals surface area contributed by atoms with Gasteiger partial charge in [0.15, 0.2) is 0 Å². The molecule has 0 aliphatic heterocycles. The van der Waals surface area contributed by atoms with Gasteiger partial charge in [0.2, 0.25) is 0 Å². The minimum atomic E-state index is -0.393. The maximum absolute atomic E-state index is 11.9. The van der Waals surface area contributed by atoms with Gasteiger partial charge in [-0.15, -0.1) is 0 Å². The molecule has 0 spiro atoms. The first kappa shape index (κ1) is 40.7. The number of nitrogens with one attached hydrogen (secondary N) is 2. The molecular weight excluding hydrogens is 542 g/mol. The molecular formula is C39H75N3O2. The molecule has 1 aromatic carbocycles. The monoisotopic (exact) mass is 618 g/mol. The lowest BCUT2D eigenvalue weighted by Gasteiger charge is -2.23. The lowest BCUT2D eigenvalue weighted by molar-refractivity contribution is 0.269. The zero-order valence-electron chi connectivity index (χ0n) is 30.1. The van der Waals surface area contributed by atoms with Crippen LogP contribution in [0, 0.1) is 5.92 Å². The van der Waals surface area contributed by atoms with Crippen LogP contribution in [0.5, 0.6) is 0 Å².